The second kappa shape index (κ2) is 16.0. The summed E-state index contributed by atoms with van der Waals surface area (Å²) < 4.78 is 0. The molecule has 0 fully saturated rings. The summed E-state index contributed by atoms with van der Waals surface area (Å²) in [6.45, 7) is 41.5. The van der Waals surface area contributed by atoms with Gasteiger partial charge in [0.15, 0.2) is 11.6 Å². The molecule has 0 spiro atoms. The van der Waals surface area contributed by atoms with E-state index in [4.69, 9.17) is 0 Å². The summed E-state index contributed by atoms with van der Waals surface area (Å²) in [7, 11) is 0. The highest BCUT2D eigenvalue weighted by molar-refractivity contribution is 6.00. The van der Waals surface area contributed by atoms with Crippen LogP contribution in [0.4, 0.5) is 45.5 Å². The second-order valence-corrected chi connectivity index (χ2v) is 25.1. The molecule has 0 N–H and O–H groups in total. The summed E-state index contributed by atoms with van der Waals surface area (Å²) in [5.41, 5.74) is 16.8. The van der Waals surface area contributed by atoms with E-state index in [1.807, 2.05) is 0 Å². The zero-order valence-electron chi connectivity index (χ0n) is 43.5. The van der Waals surface area contributed by atoms with Gasteiger partial charge in [-0.1, -0.05) is 185 Å². The molecule has 2 heterocycles. The molecule has 4 nitrogen and oxygen atoms in total. The van der Waals surface area contributed by atoms with Crippen LogP contribution < -0.4 is 19.6 Å². The van der Waals surface area contributed by atoms with Crippen molar-refractivity contribution in [1.29, 1.82) is 0 Å². The first kappa shape index (κ1) is 46.8. The lowest BCUT2D eigenvalue weighted by molar-refractivity contribution is 0.590. The Hall–Kier alpha value is -5.74. The molecular formula is C62H76N4. The number of rotatable bonds is 4. The Labute approximate surface area is 399 Å². The summed E-state index contributed by atoms with van der Waals surface area (Å²) in [5.74, 6) is 2.13. The van der Waals surface area contributed by atoms with Gasteiger partial charge in [0.2, 0.25) is 0 Å². The van der Waals surface area contributed by atoms with E-state index in [1.54, 1.807) is 0 Å². The molecular weight excluding hydrogens is 801 g/mol. The standard InChI is InChI=1S/C62H76N4/c1-57(2,3)41-19-29-47(30-20-41)63-51-37-27-45(61(13,14)15)39-53(51)65(49-33-23-43(24-34-49)59(7,8)9)55(63)56-64(48-31-21-42(22-32-48)58(4,5)6)52-38-28-46(62(16,17)18)40-54(52)66(56)50-35-25-44(26-36-50)60(10,11)12/h19-40H,1-18H3/b56-55+. The number of anilines is 8. The second-order valence-electron chi connectivity index (χ2n) is 25.1. The van der Waals surface area contributed by atoms with Crippen LogP contribution in [0.1, 0.15) is 158 Å². The first-order valence-corrected chi connectivity index (χ1v) is 24.2. The first-order valence-electron chi connectivity index (χ1n) is 24.2. The smallest absolute Gasteiger partial charge is 0.166 e. The van der Waals surface area contributed by atoms with Gasteiger partial charge in [-0.2, -0.15) is 0 Å². The van der Waals surface area contributed by atoms with Crippen molar-refractivity contribution in [3.63, 3.8) is 0 Å². The van der Waals surface area contributed by atoms with Gasteiger partial charge in [0.05, 0.1) is 22.7 Å². The van der Waals surface area contributed by atoms with Crippen LogP contribution in [-0.4, -0.2) is 0 Å². The topological polar surface area (TPSA) is 13.0 Å². The van der Waals surface area contributed by atoms with Crippen molar-refractivity contribution in [3.8, 4) is 0 Å². The molecule has 0 saturated heterocycles. The summed E-state index contributed by atoms with van der Waals surface area (Å²) in [5, 5.41) is 0. The number of benzene rings is 6. The first-order chi connectivity index (χ1) is 30.5. The highest BCUT2D eigenvalue weighted by Gasteiger charge is 2.45. The van der Waals surface area contributed by atoms with Crippen LogP contribution in [0.2, 0.25) is 0 Å². The number of hydrogen-bond acceptors (Lipinski definition) is 4. The highest BCUT2D eigenvalue weighted by Crippen LogP contribution is 2.58. The molecule has 0 atom stereocenters. The predicted molar refractivity (Wildman–Crippen MR) is 286 cm³/mol. The Morgan fingerprint density at radius 1 is 0.212 bits per heavy atom. The van der Waals surface area contributed by atoms with E-state index in [1.165, 1.54) is 33.4 Å². The third-order valence-corrected chi connectivity index (χ3v) is 13.7. The van der Waals surface area contributed by atoms with Crippen LogP contribution in [0.5, 0.6) is 0 Å². The van der Waals surface area contributed by atoms with E-state index in [9.17, 15) is 0 Å². The van der Waals surface area contributed by atoms with Gasteiger partial charge in [-0.3, -0.25) is 19.6 Å². The zero-order valence-corrected chi connectivity index (χ0v) is 43.5. The van der Waals surface area contributed by atoms with Crippen molar-refractivity contribution in [1.82, 2.24) is 0 Å². The van der Waals surface area contributed by atoms with Crippen LogP contribution in [-0.2, 0) is 32.5 Å². The van der Waals surface area contributed by atoms with Crippen molar-refractivity contribution in [2.75, 3.05) is 19.6 Å². The van der Waals surface area contributed by atoms with Gasteiger partial charge in [0.1, 0.15) is 0 Å². The maximum Gasteiger partial charge on any atom is 0.166 e. The molecule has 344 valence electrons. The zero-order chi connectivity index (χ0) is 48.1. The molecule has 0 aliphatic carbocycles. The minimum Gasteiger partial charge on any atom is -0.291 e. The average Bonchev–Trinajstić information content (AvgIpc) is 3.74. The van der Waals surface area contributed by atoms with Gasteiger partial charge in [-0.15, -0.1) is 0 Å². The lowest BCUT2D eigenvalue weighted by Gasteiger charge is -2.35. The Kier molecular flexibility index (Phi) is 11.3. The molecule has 8 rings (SSSR count). The SMILES string of the molecule is CC(C)(C)c1ccc(N2/C(=C3/N(c4ccc(C(C)(C)C)cc4)c4ccc(C(C)(C)C)cc4N3c3ccc(C(C)(C)C)cc3)N(c3ccc(C(C)(C)C)cc3)c3cc(C(C)(C)C)ccc32)cc1. The molecule has 0 saturated carbocycles. The number of hydrogen-bond donors (Lipinski definition) is 0. The third-order valence-electron chi connectivity index (χ3n) is 13.7. The highest BCUT2D eigenvalue weighted by atomic mass is 15.5. The number of nitrogens with zero attached hydrogens (tertiary/aromatic N) is 4. The van der Waals surface area contributed by atoms with Gasteiger partial charge in [0.25, 0.3) is 0 Å². The third kappa shape index (κ3) is 8.69. The maximum absolute atomic E-state index is 2.55. The lowest BCUT2D eigenvalue weighted by atomic mass is 9.86. The molecule has 0 bridgehead atoms. The Balaban J connectivity index is 1.56. The summed E-state index contributed by atoms with van der Waals surface area (Å²) >= 11 is 0. The van der Waals surface area contributed by atoms with Crippen LogP contribution in [0, 0.1) is 0 Å². The quantitative estimate of drug-likeness (QED) is 0.175. The summed E-state index contributed by atoms with van der Waals surface area (Å²) in [4.78, 5) is 10.2. The molecule has 2 aliphatic heterocycles. The summed E-state index contributed by atoms with van der Waals surface area (Å²) in [6.07, 6.45) is 0. The Morgan fingerprint density at radius 2 is 0.394 bits per heavy atom. The fraction of sp³-hybridized carbons (Fsp3) is 0.387. The van der Waals surface area contributed by atoms with Crippen molar-refractivity contribution in [2.24, 2.45) is 0 Å². The van der Waals surface area contributed by atoms with E-state index in [2.05, 4.69) is 278 Å². The van der Waals surface area contributed by atoms with Crippen molar-refractivity contribution >= 4 is 45.5 Å². The van der Waals surface area contributed by atoms with Gasteiger partial charge < -0.3 is 0 Å². The minimum absolute atomic E-state index is 0.00682. The molecule has 0 unspecified atom stereocenters. The molecule has 2 aliphatic rings. The fourth-order valence-corrected chi connectivity index (χ4v) is 9.26. The van der Waals surface area contributed by atoms with E-state index < -0.39 is 0 Å². The van der Waals surface area contributed by atoms with Crippen molar-refractivity contribution < 1.29 is 0 Å². The lowest BCUT2D eigenvalue weighted by Crippen LogP contribution is -2.33. The molecule has 6 aromatic rings. The van der Waals surface area contributed by atoms with Gasteiger partial charge >= 0.3 is 0 Å². The van der Waals surface area contributed by atoms with Crippen molar-refractivity contribution in [3.05, 3.63) is 178 Å². The monoisotopic (exact) mass is 877 g/mol. The van der Waals surface area contributed by atoms with Crippen LogP contribution >= 0.6 is 0 Å². The minimum atomic E-state index is -0.0690. The largest absolute Gasteiger partial charge is 0.291 e. The molecule has 0 radical (unpaired) electrons. The molecule has 66 heavy (non-hydrogen) atoms. The summed E-state index contributed by atoms with van der Waals surface area (Å²) in [6, 6.07) is 51.6. The van der Waals surface area contributed by atoms with E-state index in [-0.39, 0.29) is 32.5 Å². The molecule has 0 amide bonds. The van der Waals surface area contributed by atoms with Crippen molar-refractivity contribution in [2.45, 2.75) is 157 Å². The molecule has 0 aromatic heterocycles. The molecule has 6 aromatic carbocycles. The van der Waals surface area contributed by atoms with Crippen LogP contribution in [0.3, 0.4) is 0 Å². The fourth-order valence-electron chi connectivity index (χ4n) is 9.26. The van der Waals surface area contributed by atoms with E-state index in [0.717, 1.165) is 57.1 Å². The van der Waals surface area contributed by atoms with Gasteiger partial charge in [-0.25, -0.2) is 0 Å². The molecule has 4 heteroatoms. The van der Waals surface area contributed by atoms with E-state index in [0.29, 0.717) is 0 Å². The predicted octanol–water partition coefficient (Wildman–Crippen LogP) is 17.9. The average molecular weight is 877 g/mol. The van der Waals surface area contributed by atoms with Crippen LogP contribution in [0.25, 0.3) is 0 Å². The number of fused-ring (bicyclic) bond motifs is 2. The van der Waals surface area contributed by atoms with Crippen LogP contribution in [0.15, 0.2) is 145 Å². The van der Waals surface area contributed by atoms with E-state index >= 15 is 0 Å². The van der Waals surface area contributed by atoms with Gasteiger partial charge in [0, 0.05) is 22.7 Å². The normalized spacial score (nSPS) is 16.0. The van der Waals surface area contributed by atoms with Gasteiger partial charge in [-0.05, 0) is 139 Å². The Morgan fingerprint density at radius 3 is 0.591 bits per heavy atom. The maximum atomic E-state index is 2.55. The Bertz CT molecular complexity index is 2570.